The number of fused-ring (bicyclic) bond motifs is 5. The second-order valence-electron chi connectivity index (χ2n) is 10.3. The predicted octanol–water partition coefficient (Wildman–Crippen LogP) is 11.0. The number of hydrogen-bond acceptors (Lipinski definition) is 2. The first-order valence-electron chi connectivity index (χ1n) is 13.6. The summed E-state index contributed by atoms with van der Waals surface area (Å²) in [5, 5.41) is 7.09. The average Bonchev–Trinajstić information content (AvgIpc) is 3.38. The van der Waals surface area contributed by atoms with Gasteiger partial charge in [-0.3, -0.25) is 0 Å². The summed E-state index contributed by atoms with van der Waals surface area (Å²) in [5.41, 5.74) is 7.55. The molecule has 0 saturated heterocycles. The van der Waals surface area contributed by atoms with Crippen LogP contribution in [0.15, 0.2) is 156 Å². The quantitative estimate of drug-likeness (QED) is 0.234. The van der Waals surface area contributed by atoms with Crippen molar-refractivity contribution in [3.63, 3.8) is 0 Å². The van der Waals surface area contributed by atoms with E-state index in [2.05, 4.69) is 144 Å². The lowest BCUT2D eigenvalue weighted by Crippen LogP contribution is -2.10. The van der Waals surface area contributed by atoms with E-state index in [0.717, 1.165) is 44.4 Å². The van der Waals surface area contributed by atoms with Crippen molar-refractivity contribution in [2.75, 3.05) is 4.90 Å². The van der Waals surface area contributed by atoms with Gasteiger partial charge in [0.25, 0.3) is 0 Å². The Morgan fingerprint density at radius 3 is 1.88 bits per heavy atom. The Morgan fingerprint density at radius 1 is 0.350 bits per heavy atom. The number of para-hydroxylation sites is 1. The molecule has 188 valence electrons. The minimum atomic E-state index is 0.911. The lowest BCUT2D eigenvalue weighted by molar-refractivity contribution is 0.669. The van der Waals surface area contributed by atoms with E-state index >= 15 is 0 Å². The highest BCUT2D eigenvalue weighted by molar-refractivity contribution is 6.10. The number of benzene rings is 7. The summed E-state index contributed by atoms with van der Waals surface area (Å²) in [6.45, 7) is 0. The van der Waals surface area contributed by atoms with Crippen LogP contribution in [0.5, 0.6) is 0 Å². The van der Waals surface area contributed by atoms with Gasteiger partial charge in [0.1, 0.15) is 11.2 Å². The highest BCUT2D eigenvalue weighted by atomic mass is 16.3. The molecule has 8 aromatic rings. The molecule has 40 heavy (non-hydrogen) atoms. The fourth-order valence-corrected chi connectivity index (χ4v) is 5.81. The number of rotatable bonds is 4. The summed E-state index contributed by atoms with van der Waals surface area (Å²) in [6.07, 6.45) is 0. The van der Waals surface area contributed by atoms with E-state index in [-0.39, 0.29) is 0 Å². The zero-order valence-corrected chi connectivity index (χ0v) is 21.8. The Bertz CT molecular complexity index is 2170. The lowest BCUT2D eigenvalue weighted by Gasteiger charge is -2.26. The van der Waals surface area contributed by atoms with Crippen LogP contribution in [0.25, 0.3) is 54.6 Å². The van der Waals surface area contributed by atoms with E-state index in [9.17, 15) is 0 Å². The molecule has 0 radical (unpaired) electrons. The molecule has 0 atom stereocenters. The third kappa shape index (κ3) is 3.81. The number of furan rings is 1. The molecule has 8 rings (SSSR count). The molecule has 0 aliphatic carbocycles. The molecule has 0 fully saturated rings. The molecule has 0 unspecified atom stereocenters. The van der Waals surface area contributed by atoms with E-state index < -0.39 is 0 Å². The molecule has 0 N–H and O–H groups in total. The average molecular weight is 512 g/mol. The summed E-state index contributed by atoms with van der Waals surface area (Å²) >= 11 is 0. The van der Waals surface area contributed by atoms with Crippen molar-refractivity contribution >= 4 is 60.5 Å². The summed E-state index contributed by atoms with van der Waals surface area (Å²) in [5.74, 6) is 0. The van der Waals surface area contributed by atoms with Gasteiger partial charge >= 0.3 is 0 Å². The Labute approximate surface area is 232 Å². The van der Waals surface area contributed by atoms with E-state index in [1.807, 2.05) is 12.1 Å². The van der Waals surface area contributed by atoms with Crippen molar-refractivity contribution in [1.82, 2.24) is 0 Å². The van der Waals surface area contributed by atoms with Gasteiger partial charge in [-0.1, -0.05) is 97.1 Å². The van der Waals surface area contributed by atoms with Crippen molar-refractivity contribution < 1.29 is 4.42 Å². The largest absolute Gasteiger partial charge is 0.456 e. The number of hydrogen-bond donors (Lipinski definition) is 0. The monoisotopic (exact) mass is 511 g/mol. The predicted molar refractivity (Wildman–Crippen MR) is 169 cm³/mol. The van der Waals surface area contributed by atoms with Gasteiger partial charge in [-0.15, -0.1) is 0 Å². The highest BCUT2D eigenvalue weighted by Crippen LogP contribution is 2.40. The summed E-state index contributed by atoms with van der Waals surface area (Å²) in [4.78, 5) is 2.35. The molecule has 0 aliphatic heterocycles. The van der Waals surface area contributed by atoms with E-state index in [0.29, 0.717) is 0 Å². The van der Waals surface area contributed by atoms with Crippen LogP contribution in [0.1, 0.15) is 0 Å². The van der Waals surface area contributed by atoms with Crippen LogP contribution >= 0.6 is 0 Å². The van der Waals surface area contributed by atoms with E-state index in [1.165, 1.54) is 27.3 Å². The fourth-order valence-electron chi connectivity index (χ4n) is 5.81. The van der Waals surface area contributed by atoms with Gasteiger partial charge in [-0.05, 0) is 87.3 Å². The zero-order chi connectivity index (χ0) is 26.5. The van der Waals surface area contributed by atoms with Gasteiger partial charge in [-0.2, -0.15) is 0 Å². The Kier molecular flexibility index (Phi) is 5.17. The molecular formula is C38H25NO. The Morgan fingerprint density at radius 2 is 1.00 bits per heavy atom. The maximum Gasteiger partial charge on any atom is 0.136 e. The van der Waals surface area contributed by atoms with Crippen LogP contribution in [0.3, 0.4) is 0 Å². The number of nitrogens with zero attached hydrogens (tertiary/aromatic N) is 1. The molecule has 0 aliphatic rings. The highest BCUT2D eigenvalue weighted by Gasteiger charge is 2.16. The molecule has 0 bridgehead atoms. The van der Waals surface area contributed by atoms with Crippen molar-refractivity contribution in [3.05, 3.63) is 152 Å². The maximum atomic E-state index is 6.23. The summed E-state index contributed by atoms with van der Waals surface area (Å²) in [6, 6.07) is 53.9. The van der Waals surface area contributed by atoms with E-state index in [1.54, 1.807) is 0 Å². The summed E-state index contributed by atoms with van der Waals surface area (Å²) < 4.78 is 6.23. The normalized spacial score (nSPS) is 11.5. The first-order valence-corrected chi connectivity index (χ1v) is 13.6. The van der Waals surface area contributed by atoms with Crippen LogP contribution in [0, 0.1) is 0 Å². The zero-order valence-electron chi connectivity index (χ0n) is 21.8. The van der Waals surface area contributed by atoms with Crippen LogP contribution in [-0.2, 0) is 0 Å². The summed E-state index contributed by atoms with van der Waals surface area (Å²) in [7, 11) is 0. The van der Waals surface area contributed by atoms with Crippen LogP contribution in [0.4, 0.5) is 17.1 Å². The minimum absolute atomic E-state index is 0.911. The Balaban J connectivity index is 1.33. The fraction of sp³-hybridized carbons (Fsp3) is 0. The molecule has 2 nitrogen and oxygen atoms in total. The second-order valence-corrected chi connectivity index (χ2v) is 10.3. The Hall–Kier alpha value is -5.34. The molecule has 0 amide bonds. The van der Waals surface area contributed by atoms with Crippen LogP contribution < -0.4 is 4.90 Å². The van der Waals surface area contributed by atoms with Crippen molar-refractivity contribution in [3.8, 4) is 11.1 Å². The smallest absolute Gasteiger partial charge is 0.136 e. The molecule has 0 saturated carbocycles. The third-order valence-electron chi connectivity index (χ3n) is 7.78. The van der Waals surface area contributed by atoms with Gasteiger partial charge in [0.15, 0.2) is 0 Å². The van der Waals surface area contributed by atoms with Crippen molar-refractivity contribution in [2.24, 2.45) is 0 Å². The molecule has 2 heteroatoms. The van der Waals surface area contributed by atoms with Gasteiger partial charge in [0.2, 0.25) is 0 Å². The molecule has 1 aromatic heterocycles. The standard InChI is InChI=1S/C38H25NO/c1-2-9-26(10-3-1)29-13-8-14-32(21-29)39(33-19-17-27-11-4-5-12-28(27)22-33)34-20-18-30-24-36-35-15-6-7-16-37(35)40-38(36)25-31(30)23-34/h1-25H. The van der Waals surface area contributed by atoms with Gasteiger partial charge in [0, 0.05) is 27.8 Å². The molecule has 0 spiro atoms. The van der Waals surface area contributed by atoms with Crippen molar-refractivity contribution in [1.29, 1.82) is 0 Å². The lowest BCUT2D eigenvalue weighted by atomic mass is 10.0. The van der Waals surface area contributed by atoms with Crippen molar-refractivity contribution in [2.45, 2.75) is 0 Å². The van der Waals surface area contributed by atoms with Gasteiger partial charge < -0.3 is 9.32 Å². The molecular weight excluding hydrogens is 486 g/mol. The molecule has 7 aromatic carbocycles. The second kappa shape index (κ2) is 9.14. The number of anilines is 3. The maximum absolute atomic E-state index is 6.23. The SMILES string of the molecule is c1ccc(-c2cccc(N(c3ccc4ccccc4c3)c3ccc4cc5c(cc4c3)oc3ccccc35)c2)cc1. The van der Waals surface area contributed by atoms with Gasteiger partial charge in [-0.25, -0.2) is 0 Å². The topological polar surface area (TPSA) is 16.4 Å². The first kappa shape index (κ1) is 22.6. The minimum Gasteiger partial charge on any atom is -0.456 e. The first-order chi connectivity index (χ1) is 19.8. The van der Waals surface area contributed by atoms with Crippen LogP contribution in [0.2, 0.25) is 0 Å². The third-order valence-corrected chi connectivity index (χ3v) is 7.78. The van der Waals surface area contributed by atoms with E-state index in [4.69, 9.17) is 4.42 Å². The van der Waals surface area contributed by atoms with Crippen LogP contribution in [-0.4, -0.2) is 0 Å². The van der Waals surface area contributed by atoms with Gasteiger partial charge in [0.05, 0.1) is 0 Å². The molecule has 1 heterocycles.